The van der Waals surface area contributed by atoms with Crippen molar-refractivity contribution in [2.24, 2.45) is 0 Å². The zero-order chi connectivity index (χ0) is 21.3. The number of H-pyrrole nitrogens is 1. The molecule has 1 heterocycles. The molecule has 152 valence electrons. The lowest BCUT2D eigenvalue weighted by Crippen LogP contribution is -2.08. The Morgan fingerprint density at radius 1 is 1.18 bits per heavy atom. The monoisotopic (exact) mass is 456 g/mol. The van der Waals surface area contributed by atoms with Gasteiger partial charge in [0.1, 0.15) is 5.69 Å². The lowest BCUT2D eigenvalue weighted by atomic mass is 9.92. The quantitative estimate of drug-likeness (QED) is 0.384. The van der Waals surface area contributed by atoms with E-state index in [0.717, 1.165) is 5.69 Å². The largest absolute Gasteiger partial charge is 0.464 e. The minimum absolute atomic E-state index is 0.242. The molecule has 0 aliphatic heterocycles. The standard InChI is InChI=1S/C17H21BrN2O5.CO2/c1-19-5-13-14(15(18)16(20-13)17(24)25-2)10-4-3-9(6-21)11(7-22)12(10)8-23;2-1-3/h3-4,19-23H,5-8H2,1-2H3;. The van der Waals surface area contributed by atoms with Crippen LogP contribution in [0.4, 0.5) is 0 Å². The van der Waals surface area contributed by atoms with E-state index < -0.39 is 5.97 Å². The van der Waals surface area contributed by atoms with Crippen LogP contribution in [0.25, 0.3) is 11.1 Å². The summed E-state index contributed by atoms with van der Waals surface area (Å²) in [5.74, 6) is -0.518. The Balaban J connectivity index is 0.00000122. The summed E-state index contributed by atoms with van der Waals surface area (Å²) < 4.78 is 5.31. The summed E-state index contributed by atoms with van der Waals surface area (Å²) in [4.78, 5) is 31.3. The van der Waals surface area contributed by atoms with Crippen molar-refractivity contribution in [3.05, 3.63) is 44.7 Å². The first-order chi connectivity index (χ1) is 13.4. The van der Waals surface area contributed by atoms with Gasteiger partial charge in [0.15, 0.2) is 0 Å². The first-order valence-corrected chi connectivity index (χ1v) is 8.83. The van der Waals surface area contributed by atoms with Crippen LogP contribution in [0.3, 0.4) is 0 Å². The average Bonchev–Trinajstić information content (AvgIpc) is 3.02. The predicted molar refractivity (Wildman–Crippen MR) is 101 cm³/mol. The van der Waals surface area contributed by atoms with Gasteiger partial charge < -0.3 is 30.4 Å². The van der Waals surface area contributed by atoms with E-state index in [2.05, 4.69) is 26.2 Å². The molecule has 1 aromatic heterocycles. The molecule has 28 heavy (non-hydrogen) atoms. The maximum absolute atomic E-state index is 12.0. The van der Waals surface area contributed by atoms with Crippen LogP contribution in [0.5, 0.6) is 0 Å². The highest BCUT2D eigenvalue weighted by Crippen LogP contribution is 2.39. The van der Waals surface area contributed by atoms with Gasteiger partial charge in [-0.3, -0.25) is 0 Å². The molecule has 0 spiro atoms. The van der Waals surface area contributed by atoms with Gasteiger partial charge in [-0.05, 0) is 45.2 Å². The Morgan fingerprint density at radius 3 is 2.25 bits per heavy atom. The second kappa shape index (κ2) is 11.5. The topological polar surface area (TPSA) is 149 Å². The molecular formula is C18H21BrN2O7. The van der Waals surface area contributed by atoms with Crippen LogP contribution in [0.1, 0.15) is 32.9 Å². The maximum atomic E-state index is 12.0. The van der Waals surface area contributed by atoms with Crippen LogP contribution in [0.2, 0.25) is 0 Å². The number of nitrogens with one attached hydrogen (secondary N) is 2. The number of aliphatic hydroxyl groups excluding tert-OH is 3. The van der Waals surface area contributed by atoms with E-state index in [1.165, 1.54) is 7.11 Å². The van der Waals surface area contributed by atoms with E-state index in [4.69, 9.17) is 14.3 Å². The summed E-state index contributed by atoms with van der Waals surface area (Å²) in [6.07, 6.45) is 0.250. The van der Waals surface area contributed by atoms with Crippen LogP contribution < -0.4 is 5.32 Å². The third-order valence-electron chi connectivity index (χ3n) is 4.04. The molecule has 0 amide bonds. The zero-order valence-electron chi connectivity index (χ0n) is 15.3. The number of aromatic amines is 1. The second-order valence-electron chi connectivity index (χ2n) is 5.48. The van der Waals surface area contributed by atoms with Gasteiger partial charge in [-0.1, -0.05) is 12.1 Å². The molecule has 2 aromatic rings. The number of methoxy groups -OCH3 is 1. The minimum Gasteiger partial charge on any atom is -0.464 e. The number of ether oxygens (including phenoxy) is 1. The maximum Gasteiger partial charge on any atom is 0.373 e. The van der Waals surface area contributed by atoms with Crippen molar-refractivity contribution in [2.45, 2.75) is 26.4 Å². The summed E-state index contributed by atoms with van der Waals surface area (Å²) in [5.41, 5.74) is 3.87. The summed E-state index contributed by atoms with van der Waals surface area (Å²) in [6, 6.07) is 3.45. The Labute approximate surface area is 169 Å². The summed E-state index contributed by atoms with van der Waals surface area (Å²) >= 11 is 3.44. The van der Waals surface area contributed by atoms with Gasteiger partial charge in [-0.2, -0.15) is 9.59 Å². The van der Waals surface area contributed by atoms with Crippen molar-refractivity contribution < 1.29 is 34.4 Å². The fraction of sp³-hybridized carbons (Fsp3) is 0.333. The van der Waals surface area contributed by atoms with Crippen LogP contribution >= 0.6 is 15.9 Å². The summed E-state index contributed by atoms with van der Waals surface area (Å²) in [7, 11) is 3.07. The smallest absolute Gasteiger partial charge is 0.373 e. The predicted octanol–water partition coefficient (Wildman–Crippen LogP) is 0.844. The van der Waals surface area contributed by atoms with Gasteiger partial charge in [-0.25, -0.2) is 4.79 Å². The van der Waals surface area contributed by atoms with Crippen LogP contribution in [0.15, 0.2) is 16.6 Å². The van der Waals surface area contributed by atoms with Crippen molar-refractivity contribution in [1.82, 2.24) is 10.3 Å². The number of esters is 1. The fourth-order valence-corrected chi connectivity index (χ4v) is 3.57. The Bertz CT molecular complexity index is 858. The molecule has 0 atom stereocenters. The lowest BCUT2D eigenvalue weighted by Gasteiger charge is -2.16. The van der Waals surface area contributed by atoms with Crippen LogP contribution in [-0.2, 0) is 40.7 Å². The summed E-state index contributed by atoms with van der Waals surface area (Å²) in [5, 5.41) is 32.0. The number of hydrogen-bond acceptors (Lipinski definition) is 8. The summed E-state index contributed by atoms with van der Waals surface area (Å²) in [6.45, 7) is -0.420. The Hall–Kier alpha value is -2.33. The van der Waals surface area contributed by atoms with Gasteiger partial charge in [0.05, 0.1) is 31.4 Å². The van der Waals surface area contributed by atoms with Crippen molar-refractivity contribution in [3.63, 3.8) is 0 Å². The number of carbonyl (C=O) groups excluding carboxylic acids is 3. The van der Waals surface area contributed by atoms with Gasteiger partial charge in [0.2, 0.25) is 0 Å². The fourth-order valence-electron chi connectivity index (χ4n) is 2.86. The Morgan fingerprint density at radius 2 is 1.79 bits per heavy atom. The number of benzene rings is 1. The van der Waals surface area contributed by atoms with E-state index in [1.54, 1.807) is 19.2 Å². The molecule has 0 unspecified atom stereocenters. The number of hydrogen-bond donors (Lipinski definition) is 5. The molecule has 1 aromatic carbocycles. The Kier molecular flexibility index (Phi) is 9.74. The molecule has 0 aliphatic carbocycles. The second-order valence-corrected chi connectivity index (χ2v) is 6.27. The first-order valence-electron chi connectivity index (χ1n) is 8.04. The van der Waals surface area contributed by atoms with Crippen LogP contribution in [0, 0.1) is 0 Å². The number of aromatic nitrogens is 1. The number of rotatable bonds is 7. The molecule has 9 nitrogen and oxygen atoms in total. The van der Waals surface area contributed by atoms with Gasteiger partial charge in [0, 0.05) is 17.8 Å². The van der Waals surface area contributed by atoms with E-state index in [9.17, 15) is 20.1 Å². The van der Waals surface area contributed by atoms with Crippen LogP contribution in [-0.4, -0.2) is 46.6 Å². The molecular weight excluding hydrogens is 436 g/mol. The molecule has 0 radical (unpaired) electrons. The third kappa shape index (κ3) is 4.93. The minimum atomic E-state index is -0.518. The third-order valence-corrected chi connectivity index (χ3v) is 4.84. The highest BCUT2D eigenvalue weighted by Gasteiger charge is 2.24. The SMILES string of the molecule is CNCc1[nH]c(C(=O)OC)c(Br)c1-c1ccc(CO)c(CO)c1CO.O=C=O. The number of aliphatic hydroxyl groups is 3. The highest BCUT2D eigenvalue weighted by atomic mass is 79.9. The lowest BCUT2D eigenvalue weighted by molar-refractivity contribution is -0.191. The van der Waals surface area contributed by atoms with Crippen molar-refractivity contribution in [3.8, 4) is 11.1 Å². The van der Waals surface area contributed by atoms with E-state index >= 15 is 0 Å². The molecule has 2 rings (SSSR count). The average molecular weight is 457 g/mol. The molecule has 0 aliphatic rings. The van der Waals surface area contributed by atoms with Gasteiger partial charge in [-0.15, -0.1) is 0 Å². The molecule has 0 saturated carbocycles. The molecule has 5 N–H and O–H groups in total. The van der Waals surface area contributed by atoms with Gasteiger partial charge >= 0.3 is 12.1 Å². The normalized spacial score (nSPS) is 10.1. The van der Waals surface area contributed by atoms with E-state index in [-0.39, 0.29) is 31.7 Å². The molecule has 0 fully saturated rings. The van der Waals surface area contributed by atoms with E-state index in [0.29, 0.717) is 38.8 Å². The zero-order valence-corrected chi connectivity index (χ0v) is 16.9. The highest BCUT2D eigenvalue weighted by molar-refractivity contribution is 9.10. The number of carbonyl (C=O) groups is 1. The molecule has 10 heteroatoms. The number of halogens is 1. The van der Waals surface area contributed by atoms with Crippen molar-refractivity contribution >= 4 is 28.1 Å². The van der Waals surface area contributed by atoms with Crippen molar-refractivity contribution in [1.29, 1.82) is 0 Å². The molecule has 0 saturated heterocycles. The van der Waals surface area contributed by atoms with Crippen molar-refractivity contribution in [2.75, 3.05) is 14.2 Å². The first kappa shape index (κ1) is 23.7. The van der Waals surface area contributed by atoms with E-state index in [1.807, 2.05) is 0 Å². The molecule has 0 bridgehead atoms. The van der Waals surface area contributed by atoms with Gasteiger partial charge in [0.25, 0.3) is 0 Å².